The highest BCUT2D eigenvalue weighted by Gasteiger charge is 1.95. The summed E-state index contributed by atoms with van der Waals surface area (Å²) in [5.41, 5.74) is 3.83. The average Bonchev–Trinajstić information content (AvgIpc) is 1.82. The molecule has 1 N–H and O–H groups in total. The van der Waals surface area contributed by atoms with Crippen LogP contribution in [0.2, 0.25) is 0 Å². The molecule has 0 unspecified atom stereocenters. The van der Waals surface area contributed by atoms with Crippen LogP contribution in [0.5, 0.6) is 0 Å². The van der Waals surface area contributed by atoms with E-state index in [9.17, 15) is 4.79 Å². The highest BCUT2D eigenvalue weighted by molar-refractivity contribution is 5.87. The first-order valence-corrected chi connectivity index (χ1v) is 3.72. The standard InChI is InChI=1S/C9H15NO/c1-7(2)5-6-9(11)10-8(3)4/h6,8H,1-4H3,(H,10,11). The van der Waals surface area contributed by atoms with E-state index >= 15 is 0 Å². The fraction of sp³-hybridized carbons (Fsp3) is 0.556. The van der Waals surface area contributed by atoms with Crippen LogP contribution in [-0.2, 0) is 4.79 Å². The zero-order valence-electron chi connectivity index (χ0n) is 7.56. The molecule has 0 aliphatic heterocycles. The Balaban J connectivity index is 3.99. The Labute approximate surface area is 68.0 Å². The third-order valence-electron chi connectivity index (χ3n) is 0.923. The molecule has 1 amide bonds. The maximum Gasteiger partial charge on any atom is 0.251 e. The Kier molecular flexibility index (Phi) is 4.32. The molecule has 0 heterocycles. The normalized spacial score (nSPS) is 8.82. The van der Waals surface area contributed by atoms with Gasteiger partial charge in [0.2, 0.25) is 0 Å². The van der Waals surface area contributed by atoms with Crippen LogP contribution in [0, 0.1) is 0 Å². The third kappa shape index (κ3) is 6.88. The van der Waals surface area contributed by atoms with E-state index in [0.717, 1.165) is 5.57 Å². The highest BCUT2D eigenvalue weighted by Crippen LogP contribution is 1.83. The predicted molar refractivity (Wildman–Crippen MR) is 46.2 cm³/mol. The van der Waals surface area contributed by atoms with Crippen molar-refractivity contribution in [2.75, 3.05) is 0 Å². The lowest BCUT2D eigenvalue weighted by Gasteiger charge is -2.02. The molecule has 62 valence electrons. The molecule has 0 saturated heterocycles. The Bertz CT molecular complexity index is 194. The van der Waals surface area contributed by atoms with Crippen molar-refractivity contribution < 1.29 is 4.79 Å². The van der Waals surface area contributed by atoms with Gasteiger partial charge in [-0.2, -0.15) is 0 Å². The lowest BCUT2D eigenvalue weighted by molar-refractivity contribution is -0.116. The summed E-state index contributed by atoms with van der Waals surface area (Å²) in [5, 5.41) is 2.73. The molecule has 11 heavy (non-hydrogen) atoms. The number of nitrogens with one attached hydrogen (secondary N) is 1. The van der Waals surface area contributed by atoms with Gasteiger partial charge in [0.05, 0.1) is 0 Å². The van der Waals surface area contributed by atoms with E-state index in [1.54, 1.807) is 0 Å². The van der Waals surface area contributed by atoms with Crippen LogP contribution in [0.25, 0.3) is 0 Å². The van der Waals surface area contributed by atoms with Crippen molar-refractivity contribution in [2.24, 2.45) is 0 Å². The minimum absolute atomic E-state index is 0.0822. The fourth-order valence-corrected chi connectivity index (χ4v) is 0.536. The first kappa shape index (κ1) is 9.99. The summed E-state index contributed by atoms with van der Waals surface area (Å²) in [6, 6.07) is 0.192. The van der Waals surface area contributed by atoms with Gasteiger partial charge in [-0.3, -0.25) is 4.79 Å². The molecule has 0 aromatic heterocycles. The Morgan fingerprint density at radius 3 is 2.36 bits per heavy atom. The maximum absolute atomic E-state index is 10.9. The van der Waals surface area contributed by atoms with Gasteiger partial charge in [-0.25, -0.2) is 0 Å². The Morgan fingerprint density at radius 1 is 1.45 bits per heavy atom. The highest BCUT2D eigenvalue weighted by atomic mass is 16.1. The van der Waals surface area contributed by atoms with Gasteiger partial charge in [0.15, 0.2) is 0 Å². The molecule has 0 aromatic rings. The lowest BCUT2D eigenvalue weighted by atomic mass is 10.3. The lowest BCUT2D eigenvalue weighted by Crippen LogP contribution is -2.28. The molecule has 0 bridgehead atoms. The second kappa shape index (κ2) is 4.75. The summed E-state index contributed by atoms with van der Waals surface area (Å²) >= 11 is 0. The minimum Gasteiger partial charge on any atom is -0.350 e. The smallest absolute Gasteiger partial charge is 0.251 e. The van der Waals surface area contributed by atoms with Crippen LogP contribution in [0.15, 0.2) is 17.4 Å². The first-order chi connectivity index (χ1) is 5.02. The summed E-state index contributed by atoms with van der Waals surface area (Å²) < 4.78 is 0. The summed E-state index contributed by atoms with van der Waals surface area (Å²) in [5.74, 6) is -0.0822. The van der Waals surface area contributed by atoms with Crippen LogP contribution >= 0.6 is 0 Å². The molecular formula is C9H15NO. The van der Waals surface area contributed by atoms with E-state index in [2.05, 4.69) is 11.0 Å². The fourth-order valence-electron chi connectivity index (χ4n) is 0.536. The molecule has 2 heteroatoms. The zero-order valence-corrected chi connectivity index (χ0v) is 7.56. The van der Waals surface area contributed by atoms with Crippen molar-refractivity contribution in [2.45, 2.75) is 33.7 Å². The van der Waals surface area contributed by atoms with Crippen LogP contribution < -0.4 is 5.32 Å². The van der Waals surface area contributed by atoms with Gasteiger partial charge in [-0.1, -0.05) is 0 Å². The van der Waals surface area contributed by atoms with Crippen molar-refractivity contribution >= 4 is 5.91 Å². The number of hydrogen-bond acceptors (Lipinski definition) is 1. The molecule has 0 rings (SSSR count). The zero-order chi connectivity index (χ0) is 8.85. The van der Waals surface area contributed by atoms with E-state index < -0.39 is 0 Å². The molecule has 0 radical (unpaired) electrons. The number of amides is 1. The summed E-state index contributed by atoms with van der Waals surface area (Å²) in [4.78, 5) is 10.9. The second-order valence-electron chi connectivity index (χ2n) is 2.95. The molecule has 0 aliphatic carbocycles. The van der Waals surface area contributed by atoms with Gasteiger partial charge >= 0.3 is 0 Å². The summed E-state index contributed by atoms with van der Waals surface area (Å²) in [6.45, 7) is 7.65. The molecule has 0 aromatic carbocycles. The molecule has 0 atom stereocenters. The largest absolute Gasteiger partial charge is 0.350 e. The van der Waals surface area contributed by atoms with Crippen LogP contribution in [0.3, 0.4) is 0 Å². The Hall–Kier alpha value is -1.01. The molecular weight excluding hydrogens is 138 g/mol. The van der Waals surface area contributed by atoms with Crippen molar-refractivity contribution in [3.05, 3.63) is 17.4 Å². The number of rotatable bonds is 2. The Morgan fingerprint density at radius 2 is 2.00 bits per heavy atom. The molecule has 0 saturated carbocycles. The van der Waals surface area contributed by atoms with E-state index in [0.29, 0.717) is 0 Å². The number of hydrogen-bond donors (Lipinski definition) is 1. The second-order valence-corrected chi connectivity index (χ2v) is 2.95. The van der Waals surface area contributed by atoms with Crippen molar-refractivity contribution in [1.82, 2.24) is 5.32 Å². The van der Waals surface area contributed by atoms with Gasteiger partial charge in [0, 0.05) is 12.1 Å². The van der Waals surface area contributed by atoms with Crippen LogP contribution in [0.1, 0.15) is 27.7 Å². The number of carbonyl (C=O) groups is 1. The van der Waals surface area contributed by atoms with Crippen molar-refractivity contribution in [3.63, 3.8) is 0 Å². The molecule has 0 fully saturated rings. The van der Waals surface area contributed by atoms with E-state index in [1.165, 1.54) is 6.08 Å². The van der Waals surface area contributed by atoms with E-state index in [4.69, 9.17) is 0 Å². The third-order valence-corrected chi connectivity index (χ3v) is 0.923. The molecule has 0 spiro atoms. The summed E-state index contributed by atoms with van der Waals surface area (Å²) in [6.07, 6.45) is 1.43. The average molecular weight is 153 g/mol. The van der Waals surface area contributed by atoms with Gasteiger partial charge in [0.25, 0.3) is 5.91 Å². The van der Waals surface area contributed by atoms with Gasteiger partial charge < -0.3 is 5.32 Å². The van der Waals surface area contributed by atoms with E-state index in [1.807, 2.05) is 27.7 Å². The minimum atomic E-state index is -0.0822. The quantitative estimate of drug-likeness (QED) is 0.474. The topological polar surface area (TPSA) is 29.1 Å². The maximum atomic E-state index is 10.9. The first-order valence-electron chi connectivity index (χ1n) is 3.72. The van der Waals surface area contributed by atoms with Crippen molar-refractivity contribution in [3.8, 4) is 0 Å². The molecule has 0 aliphatic rings. The predicted octanol–water partition coefficient (Wildman–Crippen LogP) is 1.63. The van der Waals surface area contributed by atoms with Gasteiger partial charge in [-0.05, 0) is 33.3 Å². The van der Waals surface area contributed by atoms with Gasteiger partial charge in [0.1, 0.15) is 0 Å². The van der Waals surface area contributed by atoms with Gasteiger partial charge in [-0.15, -0.1) is 5.73 Å². The monoisotopic (exact) mass is 153 g/mol. The van der Waals surface area contributed by atoms with E-state index in [-0.39, 0.29) is 11.9 Å². The molecule has 2 nitrogen and oxygen atoms in total. The number of carbonyl (C=O) groups excluding carboxylic acids is 1. The van der Waals surface area contributed by atoms with Crippen LogP contribution in [-0.4, -0.2) is 11.9 Å². The SMILES string of the molecule is CC(C)=C=CC(=O)NC(C)C. The summed E-state index contributed by atoms with van der Waals surface area (Å²) in [7, 11) is 0. The van der Waals surface area contributed by atoms with Crippen LogP contribution in [0.4, 0.5) is 0 Å². The van der Waals surface area contributed by atoms with Crippen molar-refractivity contribution in [1.29, 1.82) is 0 Å².